The predicted molar refractivity (Wildman–Crippen MR) is 131 cm³/mol. The highest BCUT2D eigenvalue weighted by Gasteiger charge is 2.44. The zero-order valence-corrected chi connectivity index (χ0v) is 20.4. The molecule has 0 amide bonds. The molecule has 2 aliphatic rings. The predicted octanol–water partition coefficient (Wildman–Crippen LogP) is 6.08. The first kappa shape index (κ1) is 23.1. The average Bonchev–Trinajstić information content (AvgIpc) is 2.69. The SMILES string of the molecule is CC(C)(C)N1CCN(CC(c2ccc(-c3cc(Cl)cc(Cl)c3)cc2)C2(O)CCC2)CC1. The van der Waals surface area contributed by atoms with E-state index in [0.717, 1.165) is 63.1 Å². The van der Waals surface area contributed by atoms with Crippen LogP contribution < -0.4 is 0 Å². The molecule has 31 heavy (non-hydrogen) atoms. The van der Waals surface area contributed by atoms with Gasteiger partial charge in [-0.05, 0) is 74.9 Å². The minimum Gasteiger partial charge on any atom is -0.389 e. The Hall–Kier alpha value is -1.10. The first-order valence-electron chi connectivity index (χ1n) is 11.4. The number of rotatable bonds is 5. The largest absolute Gasteiger partial charge is 0.389 e. The van der Waals surface area contributed by atoms with Crippen molar-refractivity contribution in [2.45, 2.75) is 57.1 Å². The third-order valence-corrected chi connectivity index (χ3v) is 7.58. The van der Waals surface area contributed by atoms with Gasteiger partial charge in [-0.3, -0.25) is 4.90 Å². The molecule has 2 aromatic carbocycles. The summed E-state index contributed by atoms with van der Waals surface area (Å²) in [7, 11) is 0. The lowest BCUT2D eigenvalue weighted by atomic mass is 9.68. The highest BCUT2D eigenvalue weighted by Crippen LogP contribution is 2.44. The smallest absolute Gasteiger partial charge is 0.0728 e. The minimum atomic E-state index is -0.581. The standard InChI is InChI=1S/C26H34Cl2N2O/c1-25(2,3)30-13-11-29(12-14-30)18-24(26(31)9-4-10-26)20-7-5-19(6-8-20)21-15-22(27)17-23(28)16-21/h5-8,15-17,24,31H,4,9-14,18H2,1-3H3. The highest BCUT2D eigenvalue weighted by atomic mass is 35.5. The molecule has 0 bridgehead atoms. The van der Waals surface area contributed by atoms with Gasteiger partial charge in [0.15, 0.2) is 0 Å². The van der Waals surface area contributed by atoms with E-state index in [4.69, 9.17) is 23.2 Å². The molecule has 2 fully saturated rings. The molecule has 0 spiro atoms. The summed E-state index contributed by atoms with van der Waals surface area (Å²) in [5.41, 5.74) is 2.96. The van der Waals surface area contributed by atoms with Crippen LogP contribution in [0.3, 0.4) is 0 Å². The van der Waals surface area contributed by atoms with Gasteiger partial charge >= 0.3 is 0 Å². The van der Waals surface area contributed by atoms with Gasteiger partial charge in [0.05, 0.1) is 5.60 Å². The van der Waals surface area contributed by atoms with Gasteiger partial charge in [-0.25, -0.2) is 0 Å². The summed E-state index contributed by atoms with van der Waals surface area (Å²) in [4.78, 5) is 5.09. The fourth-order valence-electron chi connectivity index (χ4n) is 4.96. The maximum absolute atomic E-state index is 11.3. The van der Waals surface area contributed by atoms with Gasteiger partial charge in [0.25, 0.3) is 0 Å². The summed E-state index contributed by atoms with van der Waals surface area (Å²) in [5, 5.41) is 12.6. The van der Waals surface area contributed by atoms with Crippen LogP contribution in [0.15, 0.2) is 42.5 Å². The van der Waals surface area contributed by atoms with Crippen LogP contribution in [-0.2, 0) is 0 Å². The molecular formula is C26H34Cl2N2O. The van der Waals surface area contributed by atoms with Gasteiger partial charge < -0.3 is 10.0 Å². The molecule has 2 aromatic rings. The molecule has 1 N–H and O–H groups in total. The van der Waals surface area contributed by atoms with Crippen LogP contribution in [0, 0.1) is 0 Å². The molecule has 168 valence electrons. The van der Waals surface area contributed by atoms with E-state index >= 15 is 0 Å². The van der Waals surface area contributed by atoms with E-state index < -0.39 is 5.60 Å². The number of hydrogen-bond donors (Lipinski definition) is 1. The van der Waals surface area contributed by atoms with E-state index in [0.29, 0.717) is 10.0 Å². The van der Waals surface area contributed by atoms with Crippen LogP contribution in [0.1, 0.15) is 51.5 Å². The topological polar surface area (TPSA) is 26.7 Å². The number of nitrogens with zero attached hydrogens (tertiary/aromatic N) is 2. The third kappa shape index (κ3) is 5.29. The quantitative estimate of drug-likeness (QED) is 0.585. The lowest BCUT2D eigenvalue weighted by Gasteiger charge is -2.47. The molecular weight excluding hydrogens is 427 g/mol. The molecule has 1 saturated heterocycles. The van der Waals surface area contributed by atoms with Crippen LogP contribution in [0.4, 0.5) is 0 Å². The second-order valence-corrected chi connectivity index (χ2v) is 11.1. The van der Waals surface area contributed by atoms with E-state index in [2.05, 4.69) is 54.8 Å². The molecule has 5 heteroatoms. The number of benzene rings is 2. The Kier molecular flexibility index (Phi) is 6.72. The van der Waals surface area contributed by atoms with Gasteiger partial charge in [0, 0.05) is 54.2 Å². The summed E-state index contributed by atoms with van der Waals surface area (Å²) >= 11 is 12.4. The first-order chi connectivity index (χ1) is 14.6. The fraction of sp³-hybridized carbons (Fsp3) is 0.538. The molecule has 1 saturated carbocycles. The average molecular weight is 461 g/mol. The molecule has 1 atom stereocenters. The summed E-state index contributed by atoms with van der Waals surface area (Å²) in [6.07, 6.45) is 2.90. The summed E-state index contributed by atoms with van der Waals surface area (Å²) < 4.78 is 0. The van der Waals surface area contributed by atoms with Crippen molar-refractivity contribution in [2.24, 2.45) is 0 Å². The second-order valence-electron chi connectivity index (χ2n) is 10.2. The molecule has 0 aromatic heterocycles. The van der Waals surface area contributed by atoms with Gasteiger partial charge in [0.1, 0.15) is 0 Å². The molecule has 0 radical (unpaired) electrons. The third-order valence-electron chi connectivity index (χ3n) is 7.14. The normalized spacial score (nSPS) is 21.0. The first-order valence-corrected chi connectivity index (χ1v) is 12.2. The van der Waals surface area contributed by atoms with E-state index in [1.807, 2.05) is 12.1 Å². The second kappa shape index (κ2) is 9.03. The Bertz CT molecular complexity index is 874. The minimum absolute atomic E-state index is 0.138. The summed E-state index contributed by atoms with van der Waals surface area (Å²) in [5.74, 6) is 0.138. The number of aliphatic hydroxyl groups is 1. The zero-order chi connectivity index (χ0) is 22.2. The van der Waals surface area contributed by atoms with Crippen molar-refractivity contribution in [1.82, 2.24) is 9.80 Å². The Morgan fingerprint density at radius 1 is 0.903 bits per heavy atom. The number of piperazine rings is 1. The molecule has 1 unspecified atom stereocenters. The molecule has 4 rings (SSSR count). The highest BCUT2D eigenvalue weighted by molar-refractivity contribution is 6.35. The van der Waals surface area contributed by atoms with E-state index in [1.54, 1.807) is 6.07 Å². The summed E-state index contributed by atoms with van der Waals surface area (Å²) in [6.45, 7) is 12.1. The van der Waals surface area contributed by atoms with Crippen molar-refractivity contribution in [3.63, 3.8) is 0 Å². The number of halogens is 2. The Balaban J connectivity index is 1.51. The molecule has 3 nitrogen and oxygen atoms in total. The van der Waals surface area contributed by atoms with Crippen LogP contribution in [0.5, 0.6) is 0 Å². The van der Waals surface area contributed by atoms with Crippen LogP contribution >= 0.6 is 23.2 Å². The van der Waals surface area contributed by atoms with Gasteiger partial charge in [0.2, 0.25) is 0 Å². The molecule has 1 aliphatic heterocycles. The van der Waals surface area contributed by atoms with Crippen molar-refractivity contribution >= 4 is 23.2 Å². The zero-order valence-electron chi connectivity index (χ0n) is 18.9. The van der Waals surface area contributed by atoms with Crippen molar-refractivity contribution < 1.29 is 5.11 Å². The maximum Gasteiger partial charge on any atom is 0.0728 e. The van der Waals surface area contributed by atoms with Crippen LogP contribution in [-0.4, -0.2) is 58.8 Å². The van der Waals surface area contributed by atoms with Gasteiger partial charge in [-0.1, -0.05) is 47.5 Å². The van der Waals surface area contributed by atoms with Crippen molar-refractivity contribution in [1.29, 1.82) is 0 Å². The van der Waals surface area contributed by atoms with Crippen molar-refractivity contribution in [3.05, 3.63) is 58.1 Å². The van der Waals surface area contributed by atoms with Gasteiger partial charge in [-0.15, -0.1) is 0 Å². The van der Waals surface area contributed by atoms with Crippen LogP contribution in [0.25, 0.3) is 11.1 Å². The Labute approximate surface area is 197 Å². The lowest BCUT2D eigenvalue weighted by molar-refractivity contribution is -0.0683. The molecule has 1 aliphatic carbocycles. The van der Waals surface area contributed by atoms with E-state index in [9.17, 15) is 5.11 Å². The van der Waals surface area contributed by atoms with Crippen molar-refractivity contribution in [2.75, 3.05) is 32.7 Å². The van der Waals surface area contributed by atoms with Crippen LogP contribution in [0.2, 0.25) is 10.0 Å². The monoisotopic (exact) mass is 460 g/mol. The van der Waals surface area contributed by atoms with Gasteiger partial charge in [-0.2, -0.15) is 0 Å². The summed E-state index contributed by atoms with van der Waals surface area (Å²) in [6, 6.07) is 14.2. The number of hydrogen-bond acceptors (Lipinski definition) is 3. The van der Waals surface area contributed by atoms with E-state index in [1.165, 1.54) is 5.56 Å². The maximum atomic E-state index is 11.3. The molecule has 1 heterocycles. The van der Waals surface area contributed by atoms with E-state index in [-0.39, 0.29) is 11.5 Å². The Morgan fingerprint density at radius 3 is 1.97 bits per heavy atom. The fourth-order valence-corrected chi connectivity index (χ4v) is 5.49. The lowest BCUT2D eigenvalue weighted by Crippen LogP contribution is -2.55. The Morgan fingerprint density at radius 2 is 1.48 bits per heavy atom. The van der Waals surface area contributed by atoms with Crippen molar-refractivity contribution in [3.8, 4) is 11.1 Å².